The van der Waals surface area contributed by atoms with Crippen LogP contribution in [0.3, 0.4) is 0 Å². The van der Waals surface area contributed by atoms with E-state index in [2.05, 4.69) is 35.2 Å². The zero-order valence-corrected chi connectivity index (χ0v) is 10.8. The minimum atomic E-state index is 0.447. The van der Waals surface area contributed by atoms with Crippen LogP contribution in [-0.2, 0) is 12.8 Å². The summed E-state index contributed by atoms with van der Waals surface area (Å²) in [5.74, 6) is 0. The smallest absolute Gasteiger partial charge is 0.127 e. The molecule has 2 heterocycles. The Kier molecular flexibility index (Phi) is 3.51. The van der Waals surface area contributed by atoms with Gasteiger partial charge in [0.15, 0.2) is 0 Å². The number of fused-ring (bicyclic) bond motifs is 1. The third-order valence-corrected chi connectivity index (χ3v) is 3.99. The van der Waals surface area contributed by atoms with Crippen LogP contribution in [0.15, 0.2) is 12.4 Å². The lowest BCUT2D eigenvalue weighted by Crippen LogP contribution is -2.24. The number of nitrogens with one attached hydrogen (secondary N) is 1. The van der Waals surface area contributed by atoms with Crippen molar-refractivity contribution in [3.8, 4) is 0 Å². The average molecular weight is 235 g/mol. The summed E-state index contributed by atoms with van der Waals surface area (Å²) >= 11 is 1.77. The van der Waals surface area contributed by atoms with Crippen molar-refractivity contribution in [2.45, 2.75) is 32.7 Å². The second-order valence-electron chi connectivity index (χ2n) is 4.00. The van der Waals surface area contributed by atoms with Crippen molar-refractivity contribution in [1.82, 2.24) is 15.3 Å². The molecule has 86 valence electrons. The van der Waals surface area contributed by atoms with Crippen LogP contribution in [0.4, 0.5) is 0 Å². The molecule has 0 aromatic carbocycles. The minimum Gasteiger partial charge on any atom is -0.317 e. The molecule has 1 N–H and O–H groups in total. The van der Waals surface area contributed by atoms with E-state index in [-0.39, 0.29) is 0 Å². The molecule has 0 bridgehead atoms. The van der Waals surface area contributed by atoms with Crippen LogP contribution in [0.2, 0.25) is 0 Å². The maximum atomic E-state index is 4.40. The molecule has 0 aliphatic carbocycles. The molecule has 0 saturated carbocycles. The number of thiophene rings is 1. The molecule has 16 heavy (non-hydrogen) atoms. The maximum absolute atomic E-state index is 4.40. The van der Waals surface area contributed by atoms with E-state index >= 15 is 0 Å². The highest BCUT2D eigenvalue weighted by Gasteiger charge is 2.10. The van der Waals surface area contributed by atoms with Crippen molar-refractivity contribution in [1.29, 1.82) is 0 Å². The molecule has 0 spiro atoms. The lowest BCUT2D eigenvalue weighted by atomic mass is 10.1. The molecule has 0 fully saturated rings. The number of rotatable bonds is 4. The fourth-order valence-corrected chi connectivity index (χ4v) is 2.64. The van der Waals surface area contributed by atoms with E-state index in [1.165, 1.54) is 10.3 Å². The van der Waals surface area contributed by atoms with Crippen LogP contribution in [0.5, 0.6) is 0 Å². The molecular formula is C12H17N3S. The quantitative estimate of drug-likeness (QED) is 0.884. The van der Waals surface area contributed by atoms with E-state index in [1.807, 2.05) is 7.05 Å². The van der Waals surface area contributed by atoms with Gasteiger partial charge in [-0.3, -0.25) is 0 Å². The minimum absolute atomic E-state index is 0.447. The summed E-state index contributed by atoms with van der Waals surface area (Å²) < 4.78 is 0. The van der Waals surface area contributed by atoms with Crippen LogP contribution in [0.25, 0.3) is 10.2 Å². The second-order valence-corrected chi connectivity index (χ2v) is 5.11. The van der Waals surface area contributed by atoms with Crippen molar-refractivity contribution in [2.24, 2.45) is 0 Å². The number of likely N-dealkylation sites (N-methyl/N-ethyl adjacent to an activating group) is 1. The first-order chi connectivity index (χ1) is 7.74. The van der Waals surface area contributed by atoms with Crippen molar-refractivity contribution in [3.05, 3.63) is 23.0 Å². The van der Waals surface area contributed by atoms with Gasteiger partial charge in [0.1, 0.15) is 11.2 Å². The van der Waals surface area contributed by atoms with Crippen molar-refractivity contribution in [3.63, 3.8) is 0 Å². The summed E-state index contributed by atoms with van der Waals surface area (Å²) in [5, 5.41) is 4.47. The molecule has 2 aromatic heterocycles. The molecule has 2 aromatic rings. The fourth-order valence-electron chi connectivity index (χ4n) is 1.68. The Hall–Kier alpha value is -1.00. The van der Waals surface area contributed by atoms with Gasteiger partial charge in [-0.05, 0) is 26.5 Å². The van der Waals surface area contributed by atoms with Gasteiger partial charge in [0.25, 0.3) is 0 Å². The number of aryl methyl sites for hydroxylation is 1. The van der Waals surface area contributed by atoms with E-state index in [0.29, 0.717) is 6.04 Å². The van der Waals surface area contributed by atoms with Gasteiger partial charge in [0.2, 0.25) is 0 Å². The molecule has 1 unspecified atom stereocenters. The molecular weight excluding hydrogens is 218 g/mol. The number of nitrogens with zero attached hydrogens (tertiary/aromatic N) is 2. The van der Waals surface area contributed by atoms with Crippen LogP contribution < -0.4 is 5.32 Å². The third-order valence-electron chi connectivity index (χ3n) is 2.80. The molecule has 0 aliphatic rings. The fraction of sp³-hybridized carbons (Fsp3) is 0.500. The second kappa shape index (κ2) is 4.89. The largest absolute Gasteiger partial charge is 0.317 e. The number of aromatic nitrogens is 2. The Labute approximate surface area is 99.9 Å². The summed E-state index contributed by atoms with van der Waals surface area (Å²) in [6.45, 7) is 4.34. The highest BCUT2D eigenvalue weighted by molar-refractivity contribution is 7.18. The van der Waals surface area contributed by atoms with E-state index in [1.54, 1.807) is 17.7 Å². The number of hydrogen-bond acceptors (Lipinski definition) is 4. The van der Waals surface area contributed by atoms with Crippen LogP contribution in [0.1, 0.15) is 24.4 Å². The number of hydrogen-bond donors (Lipinski definition) is 1. The lowest BCUT2D eigenvalue weighted by Gasteiger charge is -2.09. The average Bonchev–Trinajstić information content (AvgIpc) is 2.73. The zero-order valence-electron chi connectivity index (χ0n) is 9.95. The first kappa shape index (κ1) is 11.5. The van der Waals surface area contributed by atoms with E-state index in [4.69, 9.17) is 0 Å². The van der Waals surface area contributed by atoms with Crippen molar-refractivity contribution in [2.75, 3.05) is 7.05 Å². The molecule has 4 heteroatoms. The molecule has 1 atom stereocenters. The van der Waals surface area contributed by atoms with Gasteiger partial charge in [-0.2, -0.15) is 0 Å². The van der Waals surface area contributed by atoms with E-state index < -0.39 is 0 Å². The summed E-state index contributed by atoms with van der Waals surface area (Å²) in [5.41, 5.74) is 1.16. The van der Waals surface area contributed by atoms with Gasteiger partial charge < -0.3 is 5.32 Å². The van der Waals surface area contributed by atoms with Crippen LogP contribution in [-0.4, -0.2) is 23.1 Å². The van der Waals surface area contributed by atoms with E-state index in [0.717, 1.165) is 23.4 Å². The van der Waals surface area contributed by atoms with Crippen molar-refractivity contribution >= 4 is 21.6 Å². The Balaban J connectivity index is 2.40. The SMILES string of the molecule is CCc1cc2c(CC(C)NC)ncnc2s1. The predicted molar refractivity (Wildman–Crippen MR) is 69.0 cm³/mol. The third kappa shape index (κ3) is 2.23. The lowest BCUT2D eigenvalue weighted by molar-refractivity contribution is 0.603. The molecule has 3 nitrogen and oxygen atoms in total. The highest BCUT2D eigenvalue weighted by atomic mass is 32.1. The Morgan fingerprint density at radius 2 is 2.25 bits per heavy atom. The van der Waals surface area contributed by atoms with Gasteiger partial charge in [-0.15, -0.1) is 11.3 Å². The van der Waals surface area contributed by atoms with Crippen LogP contribution in [0, 0.1) is 0 Å². The van der Waals surface area contributed by atoms with Gasteiger partial charge in [0, 0.05) is 22.7 Å². The summed E-state index contributed by atoms with van der Waals surface area (Å²) in [6.07, 6.45) is 3.70. The predicted octanol–water partition coefficient (Wildman–Crippen LogP) is 2.40. The van der Waals surface area contributed by atoms with Gasteiger partial charge in [-0.1, -0.05) is 6.92 Å². The van der Waals surface area contributed by atoms with Gasteiger partial charge >= 0.3 is 0 Å². The normalized spacial score (nSPS) is 13.2. The first-order valence-corrected chi connectivity index (χ1v) is 6.45. The molecule has 0 saturated heterocycles. The molecule has 0 radical (unpaired) electrons. The standard InChI is InChI=1S/C12H17N3S/c1-4-9-6-10-11(5-8(2)13-3)14-7-15-12(10)16-9/h6-8,13H,4-5H2,1-3H3. The first-order valence-electron chi connectivity index (χ1n) is 5.64. The van der Waals surface area contributed by atoms with E-state index in [9.17, 15) is 0 Å². The summed E-state index contributed by atoms with van der Waals surface area (Å²) in [6, 6.07) is 2.68. The molecule has 0 amide bonds. The maximum Gasteiger partial charge on any atom is 0.127 e. The molecule has 2 rings (SSSR count). The molecule has 0 aliphatic heterocycles. The zero-order chi connectivity index (χ0) is 11.5. The summed E-state index contributed by atoms with van der Waals surface area (Å²) in [4.78, 5) is 11.2. The van der Waals surface area contributed by atoms with Gasteiger partial charge in [-0.25, -0.2) is 9.97 Å². The monoisotopic (exact) mass is 235 g/mol. The Morgan fingerprint density at radius 1 is 1.44 bits per heavy atom. The summed E-state index contributed by atoms with van der Waals surface area (Å²) in [7, 11) is 1.98. The highest BCUT2D eigenvalue weighted by Crippen LogP contribution is 2.26. The Bertz CT molecular complexity index is 478. The van der Waals surface area contributed by atoms with Gasteiger partial charge in [0.05, 0.1) is 5.69 Å². The van der Waals surface area contributed by atoms with Crippen LogP contribution >= 0.6 is 11.3 Å². The van der Waals surface area contributed by atoms with Crippen molar-refractivity contribution < 1.29 is 0 Å². The topological polar surface area (TPSA) is 37.8 Å². The Morgan fingerprint density at radius 3 is 2.94 bits per heavy atom.